The van der Waals surface area contributed by atoms with E-state index in [1.165, 1.54) is 14.2 Å². The van der Waals surface area contributed by atoms with Crippen LogP contribution in [0.4, 0.5) is 11.4 Å². The molecule has 0 aliphatic carbocycles. The second-order valence-electron chi connectivity index (χ2n) is 8.37. The first-order valence-electron chi connectivity index (χ1n) is 11.3. The Kier molecular flexibility index (Phi) is 8.53. The van der Waals surface area contributed by atoms with E-state index in [0.717, 1.165) is 5.69 Å². The Morgan fingerprint density at radius 1 is 0.971 bits per heavy atom. The molecule has 0 bridgehead atoms. The van der Waals surface area contributed by atoms with Gasteiger partial charge in [0.1, 0.15) is 0 Å². The molecule has 0 saturated carbocycles. The summed E-state index contributed by atoms with van der Waals surface area (Å²) in [4.78, 5) is 39.0. The first-order chi connectivity index (χ1) is 16.7. The zero-order chi connectivity index (χ0) is 25.5. The lowest BCUT2D eigenvalue weighted by Crippen LogP contribution is -2.50. The highest BCUT2D eigenvalue weighted by molar-refractivity contribution is 6.07. The van der Waals surface area contributed by atoms with E-state index in [-0.39, 0.29) is 36.9 Å². The van der Waals surface area contributed by atoms with E-state index in [1.54, 1.807) is 30.3 Å². The molecule has 2 unspecified atom stereocenters. The first kappa shape index (κ1) is 25.8. The van der Waals surface area contributed by atoms with Gasteiger partial charge in [-0.15, -0.1) is 0 Å². The van der Waals surface area contributed by atoms with E-state index in [1.807, 2.05) is 19.9 Å². The molecule has 1 fully saturated rings. The minimum absolute atomic E-state index is 0.0372. The van der Waals surface area contributed by atoms with Crippen molar-refractivity contribution in [2.24, 2.45) is 5.73 Å². The number of hydrogen-bond acceptors (Lipinski definition) is 7. The molecule has 35 heavy (non-hydrogen) atoms. The molecule has 3 amide bonds. The lowest BCUT2D eigenvalue weighted by atomic mass is 10.1. The fourth-order valence-electron chi connectivity index (χ4n) is 4.05. The number of morpholine rings is 1. The number of nitrogens with one attached hydrogen (secondary N) is 2. The Balaban J connectivity index is 1.94. The number of nitrogens with zero attached hydrogens (tertiary/aromatic N) is 1. The van der Waals surface area contributed by atoms with Crippen molar-refractivity contribution in [1.29, 1.82) is 0 Å². The van der Waals surface area contributed by atoms with E-state index in [4.69, 9.17) is 19.9 Å². The Morgan fingerprint density at radius 3 is 2.23 bits per heavy atom. The summed E-state index contributed by atoms with van der Waals surface area (Å²) in [6.45, 7) is 5.30. The average molecular weight is 485 g/mol. The van der Waals surface area contributed by atoms with Gasteiger partial charge in [0.25, 0.3) is 11.8 Å². The summed E-state index contributed by atoms with van der Waals surface area (Å²) in [6.07, 6.45) is 0.0372. The highest BCUT2D eigenvalue weighted by Gasteiger charge is 2.28. The van der Waals surface area contributed by atoms with Crippen LogP contribution in [0.5, 0.6) is 11.5 Å². The topological polar surface area (TPSA) is 132 Å². The number of primary amides is 1. The lowest BCUT2D eigenvalue weighted by molar-refractivity contribution is -0.117. The van der Waals surface area contributed by atoms with E-state index < -0.39 is 5.91 Å². The van der Waals surface area contributed by atoms with Gasteiger partial charge in [0.05, 0.1) is 38.8 Å². The molecular weight excluding hydrogens is 452 g/mol. The normalized spacial score (nSPS) is 17.4. The highest BCUT2D eigenvalue weighted by atomic mass is 16.5. The molecule has 2 aromatic carbocycles. The molecule has 1 aliphatic heterocycles. The first-order valence-corrected chi connectivity index (χ1v) is 11.3. The van der Waals surface area contributed by atoms with Crippen LogP contribution >= 0.6 is 0 Å². The van der Waals surface area contributed by atoms with E-state index in [2.05, 4.69) is 15.5 Å². The summed E-state index contributed by atoms with van der Waals surface area (Å²) in [7, 11) is 3.02. The Hall–Kier alpha value is -3.79. The van der Waals surface area contributed by atoms with Crippen molar-refractivity contribution in [2.45, 2.75) is 32.4 Å². The van der Waals surface area contributed by atoms with Gasteiger partial charge in [0, 0.05) is 36.2 Å². The summed E-state index contributed by atoms with van der Waals surface area (Å²) in [5.74, 6) is -0.304. The maximum Gasteiger partial charge on any atom is 0.255 e. The van der Waals surface area contributed by atoms with Crippen LogP contribution in [0.1, 0.15) is 41.0 Å². The number of hydrogen-bond donors (Lipinski definition) is 3. The minimum Gasteiger partial charge on any atom is -0.493 e. The largest absolute Gasteiger partial charge is 0.493 e. The number of methoxy groups -OCH3 is 2. The smallest absolute Gasteiger partial charge is 0.255 e. The van der Waals surface area contributed by atoms with Gasteiger partial charge >= 0.3 is 0 Å². The second kappa shape index (κ2) is 11.6. The van der Waals surface area contributed by atoms with Crippen molar-refractivity contribution >= 4 is 29.1 Å². The van der Waals surface area contributed by atoms with Gasteiger partial charge < -0.3 is 35.5 Å². The van der Waals surface area contributed by atoms with Crippen LogP contribution in [0.2, 0.25) is 0 Å². The molecular formula is C25H32N4O6. The summed E-state index contributed by atoms with van der Waals surface area (Å²) < 4.78 is 16.2. The molecule has 0 aromatic heterocycles. The maximum atomic E-state index is 13.2. The number of rotatable bonds is 9. The fraction of sp³-hybridized carbons (Fsp3) is 0.400. The van der Waals surface area contributed by atoms with Crippen molar-refractivity contribution < 1.29 is 28.6 Å². The quantitative estimate of drug-likeness (QED) is 0.497. The molecule has 1 saturated heterocycles. The van der Waals surface area contributed by atoms with Crippen molar-refractivity contribution in [3.63, 3.8) is 0 Å². The standard InChI is InChI=1S/C25H32N4O6/c1-15-13-35-14-16(2)29(15)20-7-5-17(24(31)27-10-9-23(26)30)11-19(20)28-25(32)18-6-8-21(33-3)22(12-18)34-4/h5-8,11-12,15-16H,9-10,13-14H2,1-4H3,(H2,26,30)(H,27,31)(H,28,32). The van der Waals surface area contributed by atoms with Crippen LogP contribution in [0.25, 0.3) is 0 Å². The predicted octanol–water partition coefficient (Wildman–Crippen LogP) is 2.17. The van der Waals surface area contributed by atoms with Gasteiger partial charge in [-0.25, -0.2) is 0 Å². The van der Waals surface area contributed by atoms with Gasteiger partial charge in [-0.1, -0.05) is 0 Å². The zero-order valence-electron chi connectivity index (χ0n) is 20.4. The summed E-state index contributed by atoms with van der Waals surface area (Å²) in [5, 5.41) is 5.62. The Labute approximate surface area is 204 Å². The van der Waals surface area contributed by atoms with E-state index in [9.17, 15) is 14.4 Å². The van der Waals surface area contributed by atoms with Gasteiger partial charge in [-0.3, -0.25) is 14.4 Å². The van der Waals surface area contributed by atoms with Crippen LogP contribution in [0.3, 0.4) is 0 Å². The SMILES string of the molecule is COc1ccc(C(=O)Nc2cc(C(=O)NCCC(N)=O)ccc2N2C(C)COCC2C)cc1OC. The minimum atomic E-state index is -0.501. The second-order valence-corrected chi connectivity index (χ2v) is 8.37. The summed E-state index contributed by atoms with van der Waals surface area (Å²) in [6, 6.07) is 10.1. The third-order valence-electron chi connectivity index (χ3n) is 5.76. The van der Waals surface area contributed by atoms with E-state index >= 15 is 0 Å². The Morgan fingerprint density at radius 2 is 1.60 bits per heavy atom. The molecule has 0 radical (unpaired) electrons. The fourth-order valence-corrected chi connectivity index (χ4v) is 4.05. The van der Waals surface area contributed by atoms with E-state index in [0.29, 0.717) is 41.5 Å². The molecule has 2 aromatic rings. The molecule has 10 nitrogen and oxygen atoms in total. The van der Waals surface area contributed by atoms with Crippen LogP contribution in [0, 0.1) is 0 Å². The van der Waals surface area contributed by atoms with Gasteiger partial charge in [0.15, 0.2) is 11.5 Å². The molecule has 1 aliphatic rings. The van der Waals surface area contributed by atoms with Crippen molar-refractivity contribution in [2.75, 3.05) is 44.2 Å². The predicted molar refractivity (Wildman–Crippen MR) is 132 cm³/mol. The zero-order valence-corrected chi connectivity index (χ0v) is 20.4. The van der Waals surface area contributed by atoms with Crippen molar-refractivity contribution in [3.05, 3.63) is 47.5 Å². The number of nitrogens with two attached hydrogens (primary N) is 1. The number of amides is 3. The van der Waals surface area contributed by atoms with Crippen LogP contribution < -0.4 is 30.7 Å². The number of benzene rings is 2. The van der Waals surface area contributed by atoms with Crippen LogP contribution in [-0.4, -0.2) is 63.8 Å². The molecule has 188 valence electrons. The monoisotopic (exact) mass is 484 g/mol. The van der Waals surface area contributed by atoms with Gasteiger partial charge in [-0.2, -0.15) is 0 Å². The van der Waals surface area contributed by atoms with Crippen LogP contribution in [-0.2, 0) is 9.53 Å². The lowest BCUT2D eigenvalue weighted by Gasteiger charge is -2.41. The van der Waals surface area contributed by atoms with Gasteiger partial charge in [-0.05, 0) is 50.2 Å². The highest BCUT2D eigenvalue weighted by Crippen LogP contribution is 2.33. The average Bonchev–Trinajstić information content (AvgIpc) is 2.83. The number of carbonyl (C=O) groups excluding carboxylic acids is 3. The molecule has 10 heteroatoms. The summed E-state index contributed by atoms with van der Waals surface area (Å²) in [5.41, 5.74) is 7.11. The molecule has 4 N–H and O–H groups in total. The molecule has 1 heterocycles. The molecule has 0 spiro atoms. The number of ether oxygens (including phenoxy) is 3. The number of anilines is 2. The van der Waals surface area contributed by atoms with Crippen molar-refractivity contribution in [3.8, 4) is 11.5 Å². The summed E-state index contributed by atoms with van der Waals surface area (Å²) >= 11 is 0. The van der Waals surface area contributed by atoms with Crippen LogP contribution in [0.15, 0.2) is 36.4 Å². The third kappa shape index (κ3) is 6.21. The molecule has 3 rings (SSSR count). The molecule has 2 atom stereocenters. The van der Waals surface area contributed by atoms with Crippen molar-refractivity contribution in [1.82, 2.24) is 5.32 Å². The maximum absolute atomic E-state index is 13.2. The number of carbonyl (C=O) groups is 3. The van der Waals surface area contributed by atoms with Gasteiger partial charge in [0.2, 0.25) is 5.91 Å². The third-order valence-corrected chi connectivity index (χ3v) is 5.76. The Bertz CT molecular complexity index is 1080.